The zero-order valence-corrected chi connectivity index (χ0v) is 16.1. The van der Waals surface area contributed by atoms with Crippen molar-refractivity contribution in [3.63, 3.8) is 0 Å². The van der Waals surface area contributed by atoms with E-state index >= 15 is 0 Å². The SMILES string of the molecule is CN=C(NCCCOCc1ccco1)NCCNC(=O)c1ccccc1Cl. The Hall–Kier alpha value is -2.51. The van der Waals surface area contributed by atoms with Crippen LogP contribution in [0.25, 0.3) is 0 Å². The summed E-state index contributed by atoms with van der Waals surface area (Å²) in [6.07, 6.45) is 2.47. The van der Waals surface area contributed by atoms with Gasteiger partial charge < -0.3 is 25.1 Å². The van der Waals surface area contributed by atoms with E-state index in [0.717, 1.165) is 18.7 Å². The number of halogens is 1. The van der Waals surface area contributed by atoms with Gasteiger partial charge in [-0.3, -0.25) is 9.79 Å². The molecule has 0 spiro atoms. The van der Waals surface area contributed by atoms with Crippen molar-refractivity contribution in [1.82, 2.24) is 16.0 Å². The van der Waals surface area contributed by atoms with Gasteiger partial charge in [0.05, 0.1) is 16.8 Å². The highest BCUT2D eigenvalue weighted by molar-refractivity contribution is 6.33. The van der Waals surface area contributed by atoms with E-state index in [4.69, 9.17) is 20.8 Å². The van der Waals surface area contributed by atoms with Crippen LogP contribution in [-0.4, -0.2) is 45.2 Å². The molecule has 0 unspecified atom stereocenters. The summed E-state index contributed by atoms with van der Waals surface area (Å²) in [6.45, 7) is 2.83. The van der Waals surface area contributed by atoms with Crippen molar-refractivity contribution >= 4 is 23.5 Å². The maximum atomic E-state index is 12.0. The number of nitrogens with zero attached hydrogens (tertiary/aromatic N) is 1. The highest BCUT2D eigenvalue weighted by atomic mass is 35.5. The maximum absolute atomic E-state index is 12.0. The fraction of sp³-hybridized carbons (Fsp3) is 0.368. The van der Waals surface area contributed by atoms with Crippen LogP contribution in [0.2, 0.25) is 5.02 Å². The number of amides is 1. The van der Waals surface area contributed by atoms with Crippen molar-refractivity contribution < 1.29 is 13.9 Å². The van der Waals surface area contributed by atoms with Crippen LogP contribution >= 0.6 is 11.6 Å². The van der Waals surface area contributed by atoms with Crippen molar-refractivity contribution in [2.75, 3.05) is 33.3 Å². The molecule has 0 saturated heterocycles. The Bertz CT molecular complexity index is 720. The number of guanidine groups is 1. The Morgan fingerprint density at radius 2 is 1.89 bits per heavy atom. The summed E-state index contributed by atoms with van der Waals surface area (Å²) < 4.78 is 10.7. The van der Waals surface area contributed by atoms with E-state index in [-0.39, 0.29) is 5.91 Å². The van der Waals surface area contributed by atoms with Gasteiger partial charge in [0, 0.05) is 33.3 Å². The predicted molar refractivity (Wildman–Crippen MR) is 106 cm³/mol. The molecule has 8 heteroatoms. The number of carbonyl (C=O) groups excluding carboxylic acids is 1. The molecule has 1 aromatic carbocycles. The van der Waals surface area contributed by atoms with Crippen molar-refractivity contribution in [2.24, 2.45) is 4.99 Å². The van der Waals surface area contributed by atoms with E-state index < -0.39 is 0 Å². The van der Waals surface area contributed by atoms with Crippen molar-refractivity contribution in [3.05, 3.63) is 59.0 Å². The first-order valence-corrected chi connectivity index (χ1v) is 9.16. The molecule has 0 radical (unpaired) electrons. The third kappa shape index (κ3) is 7.72. The molecule has 0 bridgehead atoms. The molecule has 0 aliphatic heterocycles. The lowest BCUT2D eigenvalue weighted by Gasteiger charge is -2.12. The lowest BCUT2D eigenvalue weighted by molar-refractivity contribution is 0.0954. The first-order valence-electron chi connectivity index (χ1n) is 8.78. The fourth-order valence-electron chi connectivity index (χ4n) is 2.27. The normalized spacial score (nSPS) is 11.3. The predicted octanol–water partition coefficient (Wildman–Crippen LogP) is 2.43. The highest BCUT2D eigenvalue weighted by Gasteiger charge is 2.08. The Balaban J connectivity index is 1.53. The smallest absolute Gasteiger partial charge is 0.252 e. The third-order valence-electron chi connectivity index (χ3n) is 3.63. The minimum atomic E-state index is -0.195. The number of rotatable bonds is 10. The van der Waals surface area contributed by atoms with Gasteiger partial charge in [-0.15, -0.1) is 0 Å². The summed E-state index contributed by atoms with van der Waals surface area (Å²) in [7, 11) is 1.70. The molecule has 0 fully saturated rings. The topological polar surface area (TPSA) is 87.9 Å². The molecular weight excluding hydrogens is 368 g/mol. The van der Waals surface area contributed by atoms with Gasteiger partial charge in [-0.1, -0.05) is 23.7 Å². The second-order valence-corrected chi connectivity index (χ2v) is 6.05. The Morgan fingerprint density at radius 1 is 1.11 bits per heavy atom. The summed E-state index contributed by atoms with van der Waals surface area (Å²) in [4.78, 5) is 16.2. The Labute approximate surface area is 164 Å². The van der Waals surface area contributed by atoms with E-state index in [9.17, 15) is 4.79 Å². The van der Waals surface area contributed by atoms with Crippen LogP contribution in [0.3, 0.4) is 0 Å². The van der Waals surface area contributed by atoms with Crippen molar-refractivity contribution in [1.29, 1.82) is 0 Å². The quantitative estimate of drug-likeness (QED) is 0.328. The van der Waals surface area contributed by atoms with Gasteiger partial charge in [0.2, 0.25) is 0 Å². The number of hydrogen-bond acceptors (Lipinski definition) is 4. The lowest BCUT2D eigenvalue weighted by atomic mass is 10.2. The molecule has 7 nitrogen and oxygen atoms in total. The molecule has 146 valence electrons. The van der Waals surface area contributed by atoms with Crippen molar-refractivity contribution in [2.45, 2.75) is 13.0 Å². The lowest BCUT2D eigenvalue weighted by Crippen LogP contribution is -2.42. The van der Waals surface area contributed by atoms with Crippen LogP contribution in [0.1, 0.15) is 22.5 Å². The molecular formula is C19H25ClN4O3. The van der Waals surface area contributed by atoms with Gasteiger partial charge in [0.1, 0.15) is 12.4 Å². The summed E-state index contributed by atoms with van der Waals surface area (Å²) in [5.41, 5.74) is 0.469. The molecule has 2 aromatic rings. The van der Waals surface area contributed by atoms with Crippen LogP contribution in [0.4, 0.5) is 0 Å². The molecule has 1 aromatic heterocycles. The molecule has 0 saturated carbocycles. The minimum Gasteiger partial charge on any atom is -0.467 e. The van der Waals surface area contributed by atoms with Gasteiger partial charge in [-0.25, -0.2) is 0 Å². The molecule has 1 amide bonds. The highest BCUT2D eigenvalue weighted by Crippen LogP contribution is 2.14. The van der Waals surface area contributed by atoms with Gasteiger partial charge in [0.15, 0.2) is 5.96 Å². The largest absolute Gasteiger partial charge is 0.467 e. The van der Waals surface area contributed by atoms with Gasteiger partial charge in [-0.05, 0) is 30.7 Å². The maximum Gasteiger partial charge on any atom is 0.252 e. The van der Waals surface area contributed by atoms with Crippen LogP contribution in [0.15, 0.2) is 52.1 Å². The van der Waals surface area contributed by atoms with E-state index in [0.29, 0.717) is 42.8 Å². The van der Waals surface area contributed by atoms with E-state index in [1.807, 2.05) is 12.1 Å². The number of hydrogen-bond donors (Lipinski definition) is 3. The molecule has 0 aliphatic carbocycles. The average molecular weight is 393 g/mol. The zero-order valence-electron chi connectivity index (χ0n) is 15.3. The summed E-state index contributed by atoms with van der Waals surface area (Å²) in [6, 6.07) is 10.7. The molecule has 27 heavy (non-hydrogen) atoms. The minimum absolute atomic E-state index is 0.195. The number of nitrogens with one attached hydrogen (secondary N) is 3. The monoisotopic (exact) mass is 392 g/mol. The number of furan rings is 1. The van der Waals surface area contributed by atoms with Crippen LogP contribution in [0, 0.1) is 0 Å². The third-order valence-corrected chi connectivity index (χ3v) is 3.96. The molecule has 0 atom stereocenters. The van der Waals surface area contributed by atoms with Gasteiger partial charge >= 0.3 is 0 Å². The molecule has 0 aliphatic rings. The van der Waals surface area contributed by atoms with Gasteiger partial charge in [-0.2, -0.15) is 0 Å². The number of benzene rings is 1. The first kappa shape index (κ1) is 20.8. The van der Waals surface area contributed by atoms with Gasteiger partial charge in [0.25, 0.3) is 5.91 Å². The summed E-state index contributed by atoms with van der Waals surface area (Å²) in [5.74, 6) is 1.30. The fourth-order valence-corrected chi connectivity index (χ4v) is 2.49. The van der Waals surface area contributed by atoms with Crippen LogP contribution in [-0.2, 0) is 11.3 Å². The molecule has 1 heterocycles. The summed E-state index contributed by atoms with van der Waals surface area (Å²) in [5, 5.41) is 9.59. The molecule has 3 N–H and O–H groups in total. The van der Waals surface area contributed by atoms with E-state index in [1.165, 1.54) is 0 Å². The number of carbonyl (C=O) groups is 1. The zero-order chi connectivity index (χ0) is 19.3. The average Bonchev–Trinajstić information content (AvgIpc) is 3.19. The van der Waals surface area contributed by atoms with Crippen LogP contribution < -0.4 is 16.0 Å². The van der Waals surface area contributed by atoms with Crippen LogP contribution in [0.5, 0.6) is 0 Å². The number of aliphatic imine (C=N–C) groups is 1. The Morgan fingerprint density at radius 3 is 2.63 bits per heavy atom. The van der Waals surface area contributed by atoms with Crippen molar-refractivity contribution in [3.8, 4) is 0 Å². The second-order valence-electron chi connectivity index (χ2n) is 5.65. The second kappa shape index (κ2) is 12.0. The van der Waals surface area contributed by atoms with E-state index in [2.05, 4.69) is 20.9 Å². The Kier molecular flexibility index (Phi) is 9.23. The molecule has 2 rings (SSSR count). The first-order chi connectivity index (χ1) is 13.2. The number of ether oxygens (including phenoxy) is 1. The summed E-state index contributed by atoms with van der Waals surface area (Å²) >= 11 is 6.01. The standard InChI is InChI=1S/C19H25ClN4O3/c1-21-19(23-9-5-12-26-14-15-6-4-13-27-15)24-11-10-22-18(25)16-7-2-3-8-17(16)20/h2-4,6-8,13H,5,9-12,14H2,1H3,(H,22,25)(H2,21,23,24). The van der Waals surface area contributed by atoms with E-state index in [1.54, 1.807) is 37.6 Å².